The molecular formula is C16H22S. The van der Waals surface area contributed by atoms with Crippen molar-refractivity contribution in [1.82, 2.24) is 0 Å². The van der Waals surface area contributed by atoms with Crippen LogP contribution in [0.1, 0.15) is 51.5 Å². The van der Waals surface area contributed by atoms with Crippen LogP contribution in [0.25, 0.3) is 10.1 Å². The number of hydrogen-bond donors (Lipinski definition) is 0. The van der Waals surface area contributed by atoms with E-state index < -0.39 is 0 Å². The molecule has 0 spiro atoms. The first-order chi connectivity index (χ1) is 8.18. The molecule has 1 heterocycles. The van der Waals surface area contributed by atoms with Gasteiger partial charge >= 0.3 is 0 Å². The van der Waals surface area contributed by atoms with Crippen LogP contribution in [0.4, 0.5) is 0 Å². The van der Waals surface area contributed by atoms with Gasteiger partial charge in [0.1, 0.15) is 0 Å². The lowest BCUT2D eigenvalue weighted by Gasteiger charge is -2.11. The second-order valence-electron chi connectivity index (χ2n) is 5.41. The Morgan fingerprint density at radius 3 is 2.59 bits per heavy atom. The van der Waals surface area contributed by atoms with Crippen LogP contribution in [0.15, 0.2) is 29.6 Å². The predicted molar refractivity (Wildman–Crippen MR) is 78.9 cm³/mol. The third-order valence-electron chi connectivity index (χ3n) is 3.46. The van der Waals surface area contributed by atoms with E-state index in [2.05, 4.69) is 50.4 Å². The lowest BCUT2D eigenvalue weighted by molar-refractivity contribution is 0.514. The minimum atomic E-state index is 0.699. The molecule has 1 aromatic heterocycles. The minimum Gasteiger partial charge on any atom is -0.144 e. The van der Waals surface area contributed by atoms with Crippen molar-refractivity contribution in [3.8, 4) is 0 Å². The Hall–Kier alpha value is -0.820. The Balaban J connectivity index is 2.06. The summed E-state index contributed by atoms with van der Waals surface area (Å²) in [6.07, 6.45) is 4.02. The largest absolute Gasteiger partial charge is 0.144 e. The highest BCUT2D eigenvalue weighted by Gasteiger charge is 2.11. The van der Waals surface area contributed by atoms with Crippen LogP contribution in [-0.2, 0) is 0 Å². The molecule has 0 aliphatic heterocycles. The maximum Gasteiger partial charge on any atom is 0.0345 e. The molecule has 1 heteroatoms. The van der Waals surface area contributed by atoms with Crippen molar-refractivity contribution in [3.05, 3.63) is 35.2 Å². The second kappa shape index (κ2) is 5.68. The predicted octanol–water partition coefficient (Wildman–Crippen LogP) is 5.83. The summed E-state index contributed by atoms with van der Waals surface area (Å²) in [7, 11) is 0. The summed E-state index contributed by atoms with van der Waals surface area (Å²) < 4.78 is 1.43. The van der Waals surface area contributed by atoms with Gasteiger partial charge in [-0.15, -0.1) is 11.3 Å². The van der Waals surface area contributed by atoms with E-state index in [0.717, 1.165) is 5.92 Å². The molecule has 1 atom stereocenters. The molecule has 0 amide bonds. The molecule has 2 aromatic rings. The Morgan fingerprint density at radius 2 is 1.82 bits per heavy atom. The van der Waals surface area contributed by atoms with Gasteiger partial charge in [0.05, 0.1) is 0 Å². The van der Waals surface area contributed by atoms with Crippen LogP contribution in [0.3, 0.4) is 0 Å². The second-order valence-corrected chi connectivity index (χ2v) is 6.32. The summed E-state index contributed by atoms with van der Waals surface area (Å²) in [5.41, 5.74) is 1.55. The van der Waals surface area contributed by atoms with Crippen molar-refractivity contribution in [3.63, 3.8) is 0 Å². The number of rotatable bonds is 5. The van der Waals surface area contributed by atoms with Crippen LogP contribution in [0, 0.1) is 5.92 Å². The van der Waals surface area contributed by atoms with E-state index in [-0.39, 0.29) is 0 Å². The zero-order chi connectivity index (χ0) is 12.3. The normalized spacial score (nSPS) is 13.4. The molecule has 1 aromatic carbocycles. The first kappa shape index (κ1) is 12.6. The average molecular weight is 246 g/mol. The number of thiophene rings is 1. The van der Waals surface area contributed by atoms with Gasteiger partial charge < -0.3 is 0 Å². The molecule has 0 fully saturated rings. The standard InChI is InChI=1S/C16H22S/c1-12(2)7-6-8-13(3)15-11-17-16-10-5-4-9-14(15)16/h4-5,9-13H,6-8H2,1-3H3/t13-/m1/s1. The molecule has 92 valence electrons. The smallest absolute Gasteiger partial charge is 0.0345 e. The Morgan fingerprint density at radius 1 is 1.06 bits per heavy atom. The van der Waals surface area contributed by atoms with Crippen molar-refractivity contribution in [1.29, 1.82) is 0 Å². The third kappa shape index (κ3) is 3.10. The van der Waals surface area contributed by atoms with E-state index in [9.17, 15) is 0 Å². The van der Waals surface area contributed by atoms with Crippen molar-refractivity contribution in [2.24, 2.45) is 5.92 Å². The Bertz CT molecular complexity index is 467. The average Bonchev–Trinajstić information content (AvgIpc) is 2.72. The summed E-state index contributed by atoms with van der Waals surface area (Å²) in [6.45, 7) is 6.99. The van der Waals surface area contributed by atoms with Crippen molar-refractivity contribution in [2.45, 2.75) is 46.0 Å². The molecule has 0 N–H and O–H groups in total. The van der Waals surface area contributed by atoms with E-state index in [0.29, 0.717) is 5.92 Å². The minimum absolute atomic E-state index is 0.699. The highest BCUT2D eigenvalue weighted by Crippen LogP contribution is 2.33. The highest BCUT2D eigenvalue weighted by atomic mass is 32.1. The molecular weight excluding hydrogens is 224 g/mol. The number of fused-ring (bicyclic) bond motifs is 1. The monoisotopic (exact) mass is 246 g/mol. The molecule has 0 aliphatic rings. The van der Waals surface area contributed by atoms with Gasteiger partial charge in [-0.1, -0.05) is 51.8 Å². The first-order valence-electron chi connectivity index (χ1n) is 6.64. The maximum absolute atomic E-state index is 2.37. The fourth-order valence-electron chi connectivity index (χ4n) is 2.37. The van der Waals surface area contributed by atoms with Gasteiger partial charge in [-0.25, -0.2) is 0 Å². The topological polar surface area (TPSA) is 0 Å². The lowest BCUT2D eigenvalue weighted by Crippen LogP contribution is -1.94. The number of benzene rings is 1. The summed E-state index contributed by atoms with van der Waals surface area (Å²) >= 11 is 1.88. The quantitative estimate of drug-likeness (QED) is 0.622. The Labute approximate surface area is 109 Å². The maximum atomic E-state index is 2.37. The van der Waals surface area contributed by atoms with Gasteiger partial charge in [0, 0.05) is 4.70 Å². The Kier molecular flexibility index (Phi) is 4.22. The fraction of sp³-hybridized carbons (Fsp3) is 0.500. The van der Waals surface area contributed by atoms with Crippen LogP contribution in [0.5, 0.6) is 0 Å². The summed E-state index contributed by atoms with van der Waals surface area (Å²) in [4.78, 5) is 0. The summed E-state index contributed by atoms with van der Waals surface area (Å²) in [5.74, 6) is 1.53. The van der Waals surface area contributed by atoms with Gasteiger partial charge in [-0.3, -0.25) is 0 Å². The van der Waals surface area contributed by atoms with E-state index in [1.165, 1.54) is 29.3 Å². The molecule has 0 nitrogen and oxygen atoms in total. The van der Waals surface area contributed by atoms with E-state index in [1.54, 1.807) is 5.56 Å². The van der Waals surface area contributed by atoms with Gasteiger partial charge in [0.2, 0.25) is 0 Å². The number of hydrogen-bond acceptors (Lipinski definition) is 1. The molecule has 0 saturated heterocycles. The molecule has 0 bridgehead atoms. The van der Waals surface area contributed by atoms with Gasteiger partial charge in [-0.2, -0.15) is 0 Å². The molecule has 0 unspecified atom stereocenters. The van der Waals surface area contributed by atoms with Crippen LogP contribution >= 0.6 is 11.3 Å². The lowest BCUT2D eigenvalue weighted by atomic mass is 9.93. The van der Waals surface area contributed by atoms with Crippen molar-refractivity contribution < 1.29 is 0 Å². The van der Waals surface area contributed by atoms with E-state index in [4.69, 9.17) is 0 Å². The molecule has 2 rings (SSSR count). The first-order valence-corrected chi connectivity index (χ1v) is 7.52. The van der Waals surface area contributed by atoms with Crippen LogP contribution < -0.4 is 0 Å². The van der Waals surface area contributed by atoms with E-state index >= 15 is 0 Å². The zero-order valence-corrected chi connectivity index (χ0v) is 11.9. The SMILES string of the molecule is CC(C)CCC[C@@H](C)c1csc2ccccc12. The van der Waals surface area contributed by atoms with E-state index in [1.807, 2.05) is 11.3 Å². The molecule has 0 saturated carbocycles. The molecule has 0 aliphatic carbocycles. The van der Waals surface area contributed by atoms with Gasteiger partial charge in [0.25, 0.3) is 0 Å². The summed E-state index contributed by atoms with van der Waals surface area (Å²) in [5, 5.41) is 3.82. The van der Waals surface area contributed by atoms with Crippen molar-refractivity contribution >= 4 is 21.4 Å². The van der Waals surface area contributed by atoms with Crippen LogP contribution in [-0.4, -0.2) is 0 Å². The summed E-state index contributed by atoms with van der Waals surface area (Å²) in [6, 6.07) is 8.77. The van der Waals surface area contributed by atoms with Gasteiger partial charge in [-0.05, 0) is 40.7 Å². The van der Waals surface area contributed by atoms with Crippen LogP contribution in [0.2, 0.25) is 0 Å². The van der Waals surface area contributed by atoms with Gasteiger partial charge in [0.15, 0.2) is 0 Å². The molecule has 17 heavy (non-hydrogen) atoms. The fourth-order valence-corrected chi connectivity index (χ4v) is 3.45. The van der Waals surface area contributed by atoms with Crippen molar-refractivity contribution in [2.75, 3.05) is 0 Å². The third-order valence-corrected chi connectivity index (χ3v) is 4.44. The highest BCUT2D eigenvalue weighted by molar-refractivity contribution is 7.17. The molecule has 0 radical (unpaired) electrons. The zero-order valence-electron chi connectivity index (χ0n) is 11.1.